The number of hydrogen-bond donors (Lipinski definition) is 0. The summed E-state index contributed by atoms with van der Waals surface area (Å²) >= 11 is 0. The second-order valence-corrected chi connectivity index (χ2v) is 10.6. The first-order valence-electron chi connectivity index (χ1n) is 14.5. The second kappa shape index (κ2) is 11.0. The molecule has 0 unspecified atom stereocenters. The van der Waals surface area contributed by atoms with Crippen LogP contribution in [0.25, 0.3) is 78.0 Å². The maximum Gasteiger partial charge on any atom is 0.160 e. The minimum absolute atomic E-state index is 0.645. The number of benzene rings is 4. The molecule has 0 amide bonds. The molecule has 4 heterocycles. The van der Waals surface area contributed by atoms with Crippen LogP contribution in [0.15, 0.2) is 152 Å². The van der Waals surface area contributed by atoms with E-state index in [1.54, 1.807) is 12.4 Å². The molecule has 0 radical (unpaired) electrons. The second-order valence-electron chi connectivity index (χ2n) is 10.6. The van der Waals surface area contributed by atoms with Gasteiger partial charge in [-0.3, -0.25) is 9.97 Å². The van der Waals surface area contributed by atoms with Crippen molar-refractivity contribution in [2.24, 2.45) is 0 Å². The fourth-order valence-electron chi connectivity index (χ4n) is 5.69. The molecule has 5 nitrogen and oxygen atoms in total. The van der Waals surface area contributed by atoms with E-state index in [0.29, 0.717) is 5.82 Å². The molecule has 0 aliphatic carbocycles. The van der Waals surface area contributed by atoms with E-state index in [4.69, 9.17) is 15.0 Å². The van der Waals surface area contributed by atoms with Gasteiger partial charge in [0, 0.05) is 52.4 Å². The molecule has 206 valence electrons. The molecule has 0 aliphatic heterocycles. The molecule has 4 aromatic carbocycles. The highest BCUT2D eigenvalue weighted by Gasteiger charge is 2.15. The SMILES string of the molecule is c1ccc(-c2cc(-c3ccc(-c4nc(-c5cccnc5)cc(-c5cccnc5)n4)cc3)c3c(ccc4ccccc43)n2)cc1. The van der Waals surface area contributed by atoms with Crippen LogP contribution in [-0.2, 0) is 0 Å². The summed E-state index contributed by atoms with van der Waals surface area (Å²) in [5.41, 5.74) is 9.65. The fraction of sp³-hybridized carbons (Fsp3) is 0. The van der Waals surface area contributed by atoms with Gasteiger partial charge in [-0.15, -0.1) is 0 Å². The monoisotopic (exact) mass is 563 g/mol. The van der Waals surface area contributed by atoms with Gasteiger partial charge in [0.25, 0.3) is 0 Å². The lowest BCUT2D eigenvalue weighted by molar-refractivity contribution is 1.17. The highest BCUT2D eigenvalue weighted by atomic mass is 14.9. The summed E-state index contributed by atoms with van der Waals surface area (Å²) in [6, 6.07) is 43.7. The normalized spacial score (nSPS) is 11.2. The van der Waals surface area contributed by atoms with Crippen LogP contribution in [0.1, 0.15) is 0 Å². The topological polar surface area (TPSA) is 64.5 Å². The molecule has 0 spiro atoms. The molecule has 0 saturated heterocycles. The van der Waals surface area contributed by atoms with Crippen molar-refractivity contribution in [3.8, 4) is 56.3 Å². The van der Waals surface area contributed by atoms with Gasteiger partial charge in [-0.25, -0.2) is 15.0 Å². The van der Waals surface area contributed by atoms with Crippen molar-refractivity contribution in [3.63, 3.8) is 0 Å². The van der Waals surface area contributed by atoms with Gasteiger partial charge in [-0.1, -0.05) is 84.9 Å². The lowest BCUT2D eigenvalue weighted by Gasteiger charge is -2.14. The number of hydrogen-bond acceptors (Lipinski definition) is 5. The summed E-state index contributed by atoms with van der Waals surface area (Å²) in [4.78, 5) is 23.6. The number of aromatic nitrogens is 5. The lowest BCUT2D eigenvalue weighted by Crippen LogP contribution is -1.96. The Morgan fingerprint density at radius 3 is 1.70 bits per heavy atom. The Hall–Kier alpha value is -6.07. The Morgan fingerprint density at radius 1 is 0.409 bits per heavy atom. The maximum atomic E-state index is 5.09. The van der Waals surface area contributed by atoms with Crippen LogP contribution in [0, 0.1) is 0 Å². The summed E-state index contributed by atoms with van der Waals surface area (Å²) in [7, 11) is 0. The number of pyridine rings is 3. The molecule has 0 saturated carbocycles. The zero-order valence-electron chi connectivity index (χ0n) is 23.7. The van der Waals surface area contributed by atoms with Crippen LogP contribution in [0.5, 0.6) is 0 Å². The van der Waals surface area contributed by atoms with Crippen LogP contribution >= 0.6 is 0 Å². The van der Waals surface area contributed by atoms with Crippen molar-refractivity contribution in [3.05, 3.63) is 152 Å². The largest absolute Gasteiger partial charge is 0.264 e. The van der Waals surface area contributed by atoms with Crippen LogP contribution in [0.2, 0.25) is 0 Å². The van der Waals surface area contributed by atoms with E-state index in [0.717, 1.165) is 61.4 Å². The number of nitrogens with zero attached hydrogens (tertiary/aromatic N) is 5. The molecule has 5 heteroatoms. The van der Waals surface area contributed by atoms with E-state index in [-0.39, 0.29) is 0 Å². The maximum absolute atomic E-state index is 5.09. The van der Waals surface area contributed by atoms with E-state index in [1.165, 1.54) is 10.8 Å². The summed E-state index contributed by atoms with van der Waals surface area (Å²) < 4.78 is 0. The van der Waals surface area contributed by atoms with Gasteiger partial charge in [-0.05, 0) is 64.4 Å². The zero-order valence-corrected chi connectivity index (χ0v) is 23.7. The Kier molecular flexibility index (Phi) is 6.39. The van der Waals surface area contributed by atoms with Crippen LogP contribution in [0.3, 0.4) is 0 Å². The van der Waals surface area contributed by atoms with Gasteiger partial charge < -0.3 is 0 Å². The summed E-state index contributed by atoms with van der Waals surface area (Å²) in [5, 5.41) is 3.52. The molecule has 0 bridgehead atoms. The van der Waals surface area contributed by atoms with E-state index < -0.39 is 0 Å². The predicted molar refractivity (Wildman–Crippen MR) is 178 cm³/mol. The zero-order chi connectivity index (χ0) is 29.3. The van der Waals surface area contributed by atoms with E-state index in [9.17, 15) is 0 Å². The Balaban J connectivity index is 1.29. The van der Waals surface area contributed by atoms with Crippen molar-refractivity contribution < 1.29 is 0 Å². The molecular weight excluding hydrogens is 538 g/mol. The van der Waals surface area contributed by atoms with E-state index in [1.807, 2.05) is 48.8 Å². The molecule has 0 fully saturated rings. The van der Waals surface area contributed by atoms with E-state index >= 15 is 0 Å². The molecule has 0 N–H and O–H groups in total. The first-order chi connectivity index (χ1) is 21.8. The van der Waals surface area contributed by atoms with Crippen molar-refractivity contribution in [1.29, 1.82) is 0 Å². The van der Waals surface area contributed by atoms with Gasteiger partial charge in [0.15, 0.2) is 5.82 Å². The molecule has 0 atom stereocenters. The average Bonchev–Trinajstić information content (AvgIpc) is 3.12. The Labute approximate surface area is 254 Å². The highest BCUT2D eigenvalue weighted by Crippen LogP contribution is 2.37. The Bertz CT molecular complexity index is 2190. The van der Waals surface area contributed by atoms with Crippen LogP contribution in [0.4, 0.5) is 0 Å². The number of rotatable bonds is 5. The third kappa shape index (κ3) is 4.76. The van der Waals surface area contributed by atoms with Crippen molar-refractivity contribution in [2.45, 2.75) is 0 Å². The smallest absolute Gasteiger partial charge is 0.160 e. The summed E-state index contributed by atoms with van der Waals surface area (Å²) in [5.74, 6) is 0.645. The van der Waals surface area contributed by atoms with Crippen molar-refractivity contribution in [1.82, 2.24) is 24.9 Å². The standard InChI is InChI=1S/C39H25N5/c1-2-9-28(10-3-1)35-22-33(38-32-13-5-4-8-26(32)18-19-34(38)42-35)27-14-16-29(17-15-27)39-43-36(30-11-6-20-40-24-30)23-37(44-39)31-12-7-21-41-25-31/h1-25H. The first-order valence-corrected chi connectivity index (χ1v) is 14.5. The fourth-order valence-corrected chi connectivity index (χ4v) is 5.69. The third-order valence-electron chi connectivity index (χ3n) is 7.86. The molecular formula is C39H25N5. The van der Waals surface area contributed by atoms with Gasteiger partial charge in [0.2, 0.25) is 0 Å². The molecule has 8 aromatic rings. The quantitative estimate of drug-likeness (QED) is 0.195. The molecule has 0 aliphatic rings. The lowest BCUT2D eigenvalue weighted by atomic mass is 9.94. The van der Waals surface area contributed by atoms with Crippen LogP contribution < -0.4 is 0 Å². The van der Waals surface area contributed by atoms with E-state index in [2.05, 4.69) is 101 Å². The first kappa shape index (κ1) is 25.6. The molecule has 44 heavy (non-hydrogen) atoms. The van der Waals surface area contributed by atoms with Gasteiger partial charge in [0.1, 0.15) is 0 Å². The molecule has 4 aromatic heterocycles. The van der Waals surface area contributed by atoms with Crippen LogP contribution in [-0.4, -0.2) is 24.9 Å². The number of fused-ring (bicyclic) bond motifs is 3. The molecule has 8 rings (SSSR count). The van der Waals surface area contributed by atoms with Crippen molar-refractivity contribution in [2.75, 3.05) is 0 Å². The predicted octanol–water partition coefficient (Wildman–Crippen LogP) is 9.30. The minimum Gasteiger partial charge on any atom is -0.264 e. The van der Waals surface area contributed by atoms with Crippen molar-refractivity contribution >= 4 is 21.7 Å². The van der Waals surface area contributed by atoms with Gasteiger partial charge in [-0.2, -0.15) is 0 Å². The average molecular weight is 564 g/mol. The minimum atomic E-state index is 0.645. The summed E-state index contributed by atoms with van der Waals surface area (Å²) in [6.07, 6.45) is 7.18. The highest BCUT2D eigenvalue weighted by molar-refractivity contribution is 6.13. The van der Waals surface area contributed by atoms with Gasteiger partial charge >= 0.3 is 0 Å². The Morgan fingerprint density at radius 2 is 1.02 bits per heavy atom. The third-order valence-corrected chi connectivity index (χ3v) is 7.86. The summed E-state index contributed by atoms with van der Waals surface area (Å²) in [6.45, 7) is 0. The van der Waals surface area contributed by atoms with Gasteiger partial charge in [0.05, 0.1) is 22.6 Å².